The summed E-state index contributed by atoms with van der Waals surface area (Å²) < 4.78 is 5.35. The minimum Gasteiger partial charge on any atom is -0.370 e. The number of benzene rings is 1. The minimum absolute atomic E-state index is 0.0706. The fraction of sp³-hybridized carbons (Fsp3) is 0.462. The first-order valence-corrected chi connectivity index (χ1v) is 6.36. The third-order valence-corrected chi connectivity index (χ3v) is 4.17. The van der Waals surface area contributed by atoms with Crippen molar-refractivity contribution in [2.45, 2.75) is 31.3 Å². The quantitative estimate of drug-likeness (QED) is 0.836. The predicted molar refractivity (Wildman–Crippen MR) is 68.8 cm³/mol. The molecule has 0 radical (unpaired) electrons. The summed E-state index contributed by atoms with van der Waals surface area (Å²) in [6.07, 6.45) is 2.87. The third-order valence-electron chi connectivity index (χ3n) is 3.46. The van der Waals surface area contributed by atoms with E-state index in [2.05, 4.69) is 0 Å². The fourth-order valence-electron chi connectivity index (χ4n) is 2.12. The first kappa shape index (κ1) is 12.9. The summed E-state index contributed by atoms with van der Waals surface area (Å²) in [5.74, 6) is 0.0706. The SMILES string of the molecule is COC1(C(=O)Cc2c(Cl)cccc2Cl)CCC1. The maximum absolute atomic E-state index is 12.2. The van der Waals surface area contributed by atoms with Gasteiger partial charge in [-0.05, 0) is 37.0 Å². The summed E-state index contributed by atoms with van der Waals surface area (Å²) in [7, 11) is 1.59. The van der Waals surface area contributed by atoms with Crippen molar-refractivity contribution < 1.29 is 9.53 Å². The highest BCUT2D eigenvalue weighted by atomic mass is 35.5. The van der Waals surface area contributed by atoms with E-state index < -0.39 is 5.60 Å². The van der Waals surface area contributed by atoms with Crippen LogP contribution < -0.4 is 0 Å². The van der Waals surface area contributed by atoms with Gasteiger partial charge in [0.05, 0.1) is 0 Å². The van der Waals surface area contributed by atoms with E-state index in [0.29, 0.717) is 15.6 Å². The Kier molecular flexibility index (Phi) is 3.76. The molecule has 1 aromatic rings. The lowest BCUT2D eigenvalue weighted by molar-refractivity contribution is -0.151. The van der Waals surface area contributed by atoms with E-state index in [1.165, 1.54) is 0 Å². The zero-order chi connectivity index (χ0) is 12.5. The Labute approximate surface area is 111 Å². The van der Waals surface area contributed by atoms with E-state index in [1.54, 1.807) is 25.3 Å². The number of hydrogen-bond donors (Lipinski definition) is 0. The van der Waals surface area contributed by atoms with E-state index in [1.807, 2.05) is 0 Å². The molecule has 0 aromatic heterocycles. The average molecular weight is 273 g/mol. The molecular formula is C13H14Cl2O2. The Bertz CT molecular complexity index is 413. The van der Waals surface area contributed by atoms with Gasteiger partial charge >= 0.3 is 0 Å². The largest absolute Gasteiger partial charge is 0.370 e. The molecule has 0 amide bonds. The normalized spacial score (nSPS) is 17.6. The second-order valence-electron chi connectivity index (χ2n) is 4.35. The predicted octanol–water partition coefficient (Wildman–Crippen LogP) is 3.67. The van der Waals surface area contributed by atoms with E-state index >= 15 is 0 Å². The Balaban J connectivity index is 2.18. The molecule has 1 saturated carbocycles. The molecule has 0 unspecified atom stereocenters. The van der Waals surface area contributed by atoms with Gasteiger partial charge in [0.15, 0.2) is 5.78 Å². The van der Waals surface area contributed by atoms with Gasteiger partial charge in [-0.3, -0.25) is 4.79 Å². The van der Waals surface area contributed by atoms with Crippen LogP contribution in [0.15, 0.2) is 18.2 Å². The summed E-state index contributed by atoms with van der Waals surface area (Å²) in [6.45, 7) is 0. The lowest BCUT2D eigenvalue weighted by Crippen LogP contribution is -2.47. The number of carbonyl (C=O) groups excluding carboxylic acids is 1. The molecule has 1 aliphatic rings. The maximum Gasteiger partial charge on any atom is 0.169 e. The second-order valence-corrected chi connectivity index (χ2v) is 5.17. The molecule has 92 valence electrons. The van der Waals surface area contributed by atoms with Crippen molar-refractivity contribution in [3.8, 4) is 0 Å². The van der Waals surface area contributed by atoms with Crippen molar-refractivity contribution in [3.05, 3.63) is 33.8 Å². The molecule has 0 spiro atoms. The van der Waals surface area contributed by atoms with E-state index in [4.69, 9.17) is 27.9 Å². The molecule has 0 saturated heterocycles. The zero-order valence-corrected chi connectivity index (χ0v) is 11.1. The van der Waals surface area contributed by atoms with Gasteiger partial charge in [0.2, 0.25) is 0 Å². The van der Waals surface area contributed by atoms with Crippen LogP contribution in [0.2, 0.25) is 10.0 Å². The highest BCUT2D eigenvalue weighted by molar-refractivity contribution is 6.36. The zero-order valence-electron chi connectivity index (χ0n) is 9.63. The highest BCUT2D eigenvalue weighted by Gasteiger charge is 2.43. The van der Waals surface area contributed by atoms with Crippen molar-refractivity contribution in [2.75, 3.05) is 7.11 Å². The molecular weight excluding hydrogens is 259 g/mol. The summed E-state index contributed by atoms with van der Waals surface area (Å²) in [5.41, 5.74) is 0.104. The second kappa shape index (κ2) is 4.97. The van der Waals surface area contributed by atoms with Crippen LogP contribution in [0, 0.1) is 0 Å². The molecule has 0 N–H and O–H groups in total. The van der Waals surface area contributed by atoms with Crippen molar-refractivity contribution in [1.29, 1.82) is 0 Å². The first-order valence-electron chi connectivity index (χ1n) is 5.60. The fourth-order valence-corrected chi connectivity index (χ4v) is 2.65. The number of methoxy groups -OCH3 is 1. The molecule has 1 aromatic carbocycles. The van der Waals surface area contributed by atoms with Crippen LogP contribution in [0.3, 0.4) is 0 Å². The third kappa shape index (κ3) is 2.35. The highest BCUT2D eigenvalue weighted by Crippen LogP contribution is 2.37. The Morgan fingerprint density at radius 1 is 1.35 bits per heavy atom. The molecule has 0 bridgehead atoms. The smallest absolute Gasteiger partial charge is 0.169 e. The molecule has 1 aliphatic carbocycles. The van der Waals surface area contributed by atoms with E-state index in [0.717, 1.165) is 19.3 Å². The van der Waals surface area contributed by atoms with Crippen LogP contribution in [0.1, 0.15) is 24.8 Å². The number of ketones is 1. The van der Waals surface area contributed by atoms with Gasteiger partial charge in [0.1, 0.15) is 5.60 Å². The average Bonchev–Trinajstić information content (AvgIpc) is 2.23. The van der Waals surface area contributed by atoms with Crippen LogP contribution >= 0.6 is 23.2 Å². The molecule has 4 heteroatoms. The van der Waals surface area contributed by atoms with Crippen LogP contribution in [-0.2, 0) is 16.0 Å². The molecule has 0 atom stereocenters. The molecule has 2 nitrogen and oxygen atoms in total. The molecule has 1 fully saturated rings. The van der Waals surface area contributed by atoms with Gasteiger partial charge in [0, 0.05) is 23.6 Å². The van der Waals surface area contributed by atoms with Gasteiger partial charge in [-0.1, -0.05) is 29.3 Å². The summed E-state index contributed by atoms with van der Waals surface area (Å²) in [6, 6.07) is 5.26. The van der Waals surface area contributed by atoms with Crippen molar-refractivity contribution in [3.63, 3.8) is 0 Å². The van der Waals surface area contributed by atoms with E-state index in [-0.39, 0.29) is 12.2 Å². The van der Waals surface area contributed by atoms with Gasteiger partial charge in [-0.2, -0.15) is 0 Å². The van der Waals surface area contributed by atoms with Gasteiger partial charge in [-0.15, -0.1) is 0 Å². The van der Waals surface area contributed by atoms with E-state index in [9.17, 15) is 4.79 Å². The van der Waals surface area contributed by atoms with Gasteiger partial charge in [-0.25, -0.2) is 0 Å². The molecule has 17 heavy (non-hydrogen) atoms. The summed E-state index contributed by atoms with van der Waals surface area (Å²) in [5, 5.41) is 1.08. The minimum atomic E-state index is -0.595. The number of carbonyl (C=O) groups is 1. The van der Waals surface area contributed by atoms with Crippen LogP contribution in [0.5, 0.6) is 0 Å². The Morgan fingerprint density at radius 3 is 2.35 bits per heavy atom. The first-order chi connectivity index (χ1) is 8.09. The Morgan fingerprint density at radius 2 is 1.94 bits per heavy atom. The number of Topliss-reactive ketones (excluding diaryl/α,β-unsaturated/α-hetero) is 1. The van der Waals surface area contributed by atoms with Gasteiger partial charge < -0.3 is 4.74 Å². The number of halogens is 2. The van der Waals surface area contributed by atoms with Crippen molar-refractivity contribution >= 4 is 29.0 Å². The van der Waals surface area contributed by atoms with Crippen LogP contribution in [0.25, 0.3) is 0 Å². The molecule has 0 heterocycles. The van der Waals surface area contributed by atoms with Crippen LogP contribution in [-0.4, -0.2) is 18.5 Å². The lowest BCUT2D eigenvalue weighted by atomic mass is 9.75. The Hall–Kier alpha value is -0.570. The van der Waals surface area contributed by atoms with Crippen molar-refractivity contribution in [1.82, 2.24) is 0 Å². The topological polar surface area (TPSA) is 26.3 Å². The standard InChI is InChI=1S/C13H14Cl2O2/c1-17-13(6-3-7-13)12(16)8-9-10(14)4-2-5-11(9)15/h2,4-5H,3,6-8H2,1H3. The summed E-state index contributed by atoms with van der Waals surface area (Å²) >= 11 is 12.1. The maximum atomic E-state index is 12.2. The molecule has 2 rings (SSSR count). The number of rotatable bonds is 4. The molecule has 0 aliphatic heterocycles. The number of hydrogen-bond acceptors (Lipinski definition) is 2. The van der Waals surface area contributed by atoms with Crippen LogP contribution in [0.4, 0.5) is 0 Å². The lowest BCUT2D eigenvalue weighted by Gasteiger charge is -2.39. The summed E-state index contributed by atoms with van der Waals surface area (Å²) in [4.78, 5) is 12.2. The number of ether oxygens (including phenoxy) is 1. The monoisotopic (exact) mass is 272 g/mol. The van der Waals surface area contributed by atoms with Gasteiger partial charge in [0.25, 0.3) is 0 Å². The van der Waals surface area contributed by atoms with Crippen molar-refractivity contribution in [2.24, 2.45) is 0 Å².